The van der Waals surface area contributed by atoms with Crippen LogP contribution in [-0.4, -0.2) is 31.1 Å². The third-order valence-electron chi connectivity index (χ3n) is 4.68. The fourth-order valence-corrected chi connectivity index (χ4v) is 3.12. The van der Waals surface area contributed by atoms with Gasteiger partial charge in [-0.05, 0) is 48.7 Å². The van der Waals surface area contributed by atoms with E-state index in [1.54, 1.807) is 6.07 Å². The average Bonchev–Trinajstić information content (AvgIpc) is 2.55. The number of nitrogens with zero attached hydrogens (tertiary/aromatic N) is 2. The van der Waals surface area contributed by atoms with Crippen molar-refractivity contribution in [3.63, 3.8) is 0 Å². The molecule has 1 fully saturated rings. The zero-order valence-corrected chi connectivity index (χ0v) is 13.6. The Labute approximate surface area is 136 Å². The van der Waals surface area contributed by atoms with E-state index in [4.69, 9.17) is 0 Å². The minimum atomic E-state index is -0.784. The predicted molar refractivity (Wildman–Crippen MR) is 89.8 cm³/mol. The topological polar surface area (TPSA) is 6.48 Å². The Morgan fingerprint density at radius 2 is 1.65 bits per heavy atom. The van der Waals surface area contributed by atoms with Crippen molar-refractivity contribution >= 4 is 5.69 Å². The van der Waals surface area contributed by atoms with Crippen LogP contribution in [0.25, 0.3) is 0 Å². The smallest absolute Gasteiger partial charge is 0.159 e. The summed E-state index contributed by atoms with van der Waals surface area (Å²) in [7, 11) is 0. The number of benzene rings is 2. The summed E-state index contributed by atoms with van der Waals surface area (Å²) in [5, 5.41) is 0. The van der Waals surface area contributed by atoms with Crippen molar-refractivity contribution in [3.8, 4) is 0 Å². The molecule has 2 nitrogen and oxygen atoms in total. The van der Waals surface area contributed by atoms with Crippen molar-refractivity contribution in [3.05, 3.63) is 64.7 Å². The van der Waals surface area contributed by atoms with Gasteiger partial charge in [-0.1, -0.05) is 18.2 Å². The monoisotopic (exact) mass is 316 g/mol. The third kappa shape index (κ3) is 3.53. The van der Waals surface area contributed by atoms with E-state index >= 15 is 0 Å². The van der Waals surface area contributed by atoms with Gasteiger partial charge < -0.3 is 4.90 Å². The molecule has 0 aliphatic carbocycles. The fraction of sp³-hybridized carbons (Fsp3) is 0.368. The van der Waals surface area contributed by atoms with Crippen molar-refractivity contribution in [2.75, 3.05) is 31.1 Å². The van der Waals surface area contributed by atoms with Crippen LogP contribution in [0.4, 0.5) is 14.5 Å². The molecule has 1 aliphatic rings. The second kappa shape index (κ2) is 6.67. The number of piperazine rings is 1. The Bertz CT molecular complexity index is 692. The first-order chi connectivity index (χ1) is 11.0. The summed E-state index contributed by atoms with van der Waals surface area (Å²) in [6.07, 6.45) is 0. The van der Waals surface area contributed by atoms with Gasteiger partial charge in [0, 0.05) is 38.4 Å². The molecule has 2 aromatic carbocycles. The molecule has 0 saturated carbocycles. The molecule has 0 aromatic heterocycles. The molecule has 122 valence electrons. The lowest BCUT2D eigenvalue weighted by molar-refractivity contribution is 0.249. The molecule has 3 rings (SSSR count). The summed E-state index contributed by atoms with van der Waals surface area (Å²) >= 11 is 0. The summed E-state index contributed by atoms with van der Waals surface area (Å²) in [6, 6.07) is 10.6. The maximum absolute atomic E-state index is 13.3. The maximum Gasteiger partial charge on any atom is 0.159 e. The zero-order valence-electron chi connectivity index (χ0n) is 13.6. The summed E-state index contributed by atoms with van der Waals surface area (Å²) < 4.78 is 26.3. The first kappa shape index (κ1) is 15.9. The molecule has 0 bridgehead atoms. The van der Waals surface area contributed by atoms with Crippen molar-refractivity contribution in [1.82, 2.24) is 4.90 Å². The highest BCUT2D eigenvalue weighted by Gasteiger charge is 2.19. The second-order valence-corrected chi connectivity index (χ2v) is 6.23. The van der Waals surface area contributed by atoms with E-state index in [2.05, 4.69) is 41.8 Å². The third-order valence-corrected chi connectivity index (χ3v) is 4.68. The molecule has 23 heavy (non-hydrogen) atoms. The molecule has 0 radical (unpaired) electrons. The highest BCUT2D eigenvalue weighted by atomic mass is 19.2. The molecule has 0 amide bonds. The number of halogens is 2. The largest absolute Gasteiger partial charge is 0.369 e. The van der Waals surface area contributed by atoms with Gasteiger partial charge in [0.2, 0.25) is 0 Å². The van der Waals surface area contributed by atoms with Gasteiger partial charge >= 0.3 is 0 Å². The van der Waals surface area contributed by atoms with Gasteiger partial charge in [0.1, 0.15) is 0 Å². The van der Waals surface area contributed by atoms with Crippen LogP contribution >= 0.6 is 0 Å². The minimum Gasteiger partial charge on any atom is -0.369 e. The highest BCUT2D eigenvalue weighted by Crippen LogP contribution is 2.24. The predicted octanol–water partition coefficient (Wildman–Crippen LogP) is 3.90. The summed E-state index contributed by atoms with van der Waals surface area (Å²) in [6.45, 7) is 8.72. The Morgan fingerprint density at radius 1 is 0.913 bits per heavy atom. The van der Waals surface area contributed by atoms with Crippen LogP contribution in [0.2, 0.25) is 0 Å². The number of rotatable bonds is 3. The molecule has 4 heteroatoms. The lowest BCUT2D eigenvalue weighted by Crippen LogP contribution is -2.46. The molecule has 0 atom stereocenters. The first-order valence-corrected chi connectivity index (χ1v) is 8.02. The molecule has 2 aromatic rings. The van der Waals surface area contributed by atoms with Crippen LogP contribution in [0.3, 0.4) is 0 Å². The summed E-state index contributed by atoms with van der Waals surface area (Å²) in [4.78, 5) is 4.69. The van der Waals surface area contributed by atoms with Crippen molar-refractivity contribution in [1.29, 1.82) is 0 Å². The van der Waals surface area contributed by atoms with Gasteiger partial charge in [-0.25, -0.2) is 8.78 Å². The molecule has 0 spiro atoms. The quantitative estimate of drug-likeness (QED) is 0.847. The Kier molecular flexibility index (Phi) is 4.62. The van der Waals surface area contributed by atoms with Gasteiger partial charge in [0.25, 0.3) is 0 Å². The molecular weight excluding hydrogens is 294 g/mol. The van der Waals surface area contributed by atoms with Crippen LogP contribution in [0.1, 0.15) is 16.7 Å². The van der Waals surface area contributed by atoms with E-state index in [1.165, 1.54) is 28.9 Å². The van der Waals surface area contributed by atoms with Crippen molar-refractivity contribution in [2.45, 2.75) is 20.4 Å². The minimum absolute atomic E-state index is 0.665. The average molecular weight is 316 g/mol. The van der Waals surface area contributed by atoms with Crippen molar-refractivity contribution < 1.29 is 8.78 Å². The molecule has 0 unspecified atom stereocenters. The van der Waals surface area contributed by atoms with Gasteiger partial charge in [0.15, 0.2) is 11.6 Å². The number of hydrogen-bond donors (Lipinski definition) is 0. The van der Waals surface area contributed by atoms with Gasteiger partial charge in [0.05, 0.1) is 0 Å². The fourth-order valence-electron chi connectivity index (χ4n) is 3.12. The van der Waals surface area contributed by atoms with Crippen LogP contribution in [-0.2, 0) is 6.54 Å². The van der Waals surface area contributed by atoms with Crippen LogP contribution < -0.4 is 4.90 Å². The van der Waals surface area contributed by atoms with E-state index in [0.717, 1.165) is 31.7 Å². The standard InChI is InChI=1S/C19H22F2N2/c1-14-4-3-5-19(15(14)2)23-10-8-22(9-11-23)13-16-6-7-17(20)18(21)12-16/h3-7,12H,8-11,13H2,1-2H3. The number of hydrogen-bond acceptors (Lipinski definition) is 2. The molecule has 1 saturated heterocycles. The molecule has 1 aliphatic heterocycles. The second-order valence-electron chi connectivity index (χ2n) is 6.23. The lowest BCUT2D eigenvalue weighted by Gasteiger charge is -2.37. The summed E-state index contributed by atoms with van der Waals surface area (Å²) in [5.74, 6) is -1.55. The van der Waals surface area contributed by atoms with E-state index in [9.17, 15) is 8.78 Å². The molecule has 1 heterocycles. The van der Waals surface area contributed by atoms with Crippen LogP contribution in [0.15, 0.2) is 36.4 Å². The molecule has 0 N–H and O–H groups in total. The van der Waals surface area contributed by atoms with E-state index in [0.29, 0.717) is 6.54 Å². The van der Waals surface area contributed by atoms with E-state index < -0.39 is 11.6 Å². The lowest BCUT2D eigenvalue weighted by atomic mass is 10.1. The number of anilines is 1. The van der Waals surface area contributed by atoms with E-state index in [-0.39, 0.29) is 0 Å². The van der Waals surface area contributed by atoms with Gasteiger partial charge in [-0.3, -0.25) is 4.90 Å². The highest BCUT2D eigenvalue weighted by molar-refractivity contribution is 5.56. The Hall–Kier alpha value is -1.94. The van der Waals surface area contributed by atoms with Gasteiger partial charge in [-0.15, -0.1) is 0 Å². The Balaban J connectivity index is 1.62. The Morgan fingerprint density at radius 3 is 2.35 bits per heavy atom. The summed E-state index contributed by atoms with van der Waals surface area (Å²) in [5.41, 5.74) is 4.77. The SMILES string of the molecule is Cc1cccc(N2CCN(Cc3ccc(F)c(F)c3)CC2)c1C. The maximum atomic E-state index is 13.3. The van der Waals surface area contributed by atoms with E-state index in [1.807, 2.05) is 0 Å². The first-order valence-electron chi connectivity index (χ1n) is 8.02. The van der Waals surface area contributed by atoms with Crippen molar-refractivity contribution in [2.24, 2.45) is 0 Å². The number of aryl methyl sites for hydroxylation is 1. The normalized spacial score (nSPS) is 15.9. The molecular formula is C19H22F2N2. The van der Waals surface area contributed by atoms with Gasteiger partial charge in [-0.2, -0.15) is 0 Å². The van der Waals surface area contributed by atoms with Crippen LogP contribution in [0, 0.1) is 25.5 Å². The van der Waals surface area contributed by atoms with Crippen LogP contribution in [0.5, 0.6) is 0 Å². The zero-order chi connectivity index (χ0) is 16.4.